The molecule has 1 aromatic rings. The Bertz CT molecular complexity index is 436. The first kappa shape index (κ1) is 11.3. The summed E-state index contributed by atoms with van der Waals surface area (Å²) in [6, 6.07) is 3.09. The Morgan fingerprint density at radius 1 is 1.50 bits per heavy atom. The molecular weight excluding hydrogens is 205 g/mol. The number of hydrogen-bond donors (Lipinski definition) is 1. The van der Waals surface area contributed by atoms with Crippen LogP contribution in [0.2, 0.25) is 0 Å². The number of nitrogens with two attached hydrogens (primary N) is 1. The maximum absolute atomic E-state index is 13.4. The second-order valence-corrected chi connectivity index (χ2v) is 4.75. The number of aryl methyl sites for hydroxylation is 1. The van der Waals surface area contributed by atoms with Crippen molar-refractivity contribution in [3.05, 3.63) is 34.6 Å². The Morgan fingerprint density at radius 2 is 2.12 bits per heavy atom. The zero-order chi connectivity index (χ0) is 11.9. The third-order valence-corrected chi connectivity index (χ3v) is 3.65. The van der Waals surface area contributed by atoms with Crippen molar-refractivity contribution in [3.63, 3.8) is 0 Å². The molecule has 1 aliphatic carbocycles. The van der Waals surface area contributed by atoms with E-state index in [9.17, 15) is 9.18 Å². The number of benzene rings is 1. The molecule has 0 aromatic heterocycles. The Balaban J connectivity index is 2.56. The van der Waals surface area contributed by atoms with E-state index in [0.717, 1.165) is 24.7 Å². The minimum atomic E-state index is -0.327. The Kier molecular flexibility index (Phi) is 2.58. The molecule has 0 bridgehead atoms. The summed E-state index contributed by atoms with van der Waals surface area (Å²) in [5.74, 6) is -0.327. The molecule has 0 heterocycles. The summed E-state index contributed by atoms with van der Waals surface area (Å²) in [6.07, 6.45) is 2.69. The molecule has 0 aliphatic heterocycles. The monoisotopic (exact) mass is 221 g/mol. The van der Waals surface area contributed by atoms with Crippen molar-refractivity contribution in [2.45, 2.75) is 38.1 Å². The molecular formula is C13H16FNO. The highest BCUT2D eigenvalue weighted by Gasteiger charge is 2.48. The first-order valence-electron chi connectivity index (χ1n) is 5.52. The van der Waals surface area contributed by atoms with E-state index in [4.69, 9.17) is 5.73 Å². The van der Waals surface area contributed by atoms with Crippen LogP contribution >= 0.6 is 0 Å². The van der Waals surface area contributed by atoms with Crippen LogP contribution in [-0.2, 0) is 5.41 Å². The maximum atomic E-state index is 13.4. The van der Waals surface area contributed by atoms with Crippen molar-refractivity contribution in [1.29, 1.82) is 0 Å². The van der Waals surface area contributed by atoms with Gasteiger partial charge in [0.15, 0.2) is 0 Å². The van der Waals surface area contributed by atoms with Crippen LogP contribution in [0.25, 0.3) is 0 Å². The summed E-state index contributed by atoms with van der Waals surface area (Å²) in [5.41, 5.74) is 7.80. The van der Waals surface area contributed by atoms with Gasteiger partial charge >= 0.3 is 0 Å². The van der Waals surface area contributed by atoms with Gasteiger partial charge in [-0.2, -0.15) is 0 Å². The van der Waals surface area contributed by atoms with E-state index in [2.05, 4.69) is 0 Å². The second-order valence-electron chi connectivity index (χ2n) is 4.75. The van der Waals surface area contributed by atoms with Crippen molar-refractivity contribution in [3.8, 4) is 0 Å². The molecule has 1 aliphatic rings. The summed E-state index contributed by atoms with van der Waals surface area (Å²) in [7, 11) is 0. The van der Waals surface area contributed by atoms with Gasteiger partial charge in [-0.1, -0.05) is 6.07 Å². The fourth-order valence-electron chi connectivity index (χ4n) is 2.33. The van der Waals surface area contributed by atoms with E-state index in [1.165, 1.54) is 6.07 Å². The summed E-state index contributed by atoms with van der Waals surface area (Å²) >= 11 is 0. The van der Waals surface area contributed by atoms with Gasteiger partial charge in [-0.3, -0.25) is 4.79 Å². The van der Waals surface area contributed by atoms with Crippen molar-refractivity contribution in [1.82, 2.24) is 0 Å². The molecule has 1 atom stereocenters. The Hall–Kier alpha value is -1.22. The number of aldehydes is 1. The van der Waals surface area contributed by atoms with Crippen LogP contribution in [-0.4, -0.2) is 12.3 Å². The smallest absolute Gasteiger partial charge is 0.150 e. The van der Waals surface area contributed by atoms with Gasteiger partial charge in [0.1, 0.15) is 12.1 Å². The minimum absolute atomic E-state index is 0.00365. The molecule has 2 N–H and O–H groups in total. The van der Waals surface area contributed by atoms with Gasteiger partial charge in [0.2, 0.25) is 0 Å². The third kappa shape index (κ3) is 1.55. The summed E-state index contributed by atoms with van der Waals surface area (Å²) in [6.45, 7) is 3.66. The molecule has 2 rings (SSSR count). The van der Waals surface area contributed by atoms with E-state index in [-0.39, 0.29) is 17.3 Å². The number of hydrogen-bond acceptors (Lipinski definition) is 2. The lowest BCUT2D eigenvalue weighted by molar-refractivity contribution is 0.112. The lowest BCUT2D eigenvalue weighted by Crippen LogP contribution is -2.32. The predicted molar refractivity (Wildman–Crippen MR) is 61.1 cm³/mol. The third-order valence-electron chi connectivity index (χ3n) is 3.65. The lowest BCUT2D eigenvalue weighted by atomic mass is 9.85. The standard InChI is InChI=1S/C13H16FNO/c1-8-5-11(10(7-16)6-12(8)14)13(3-4-13)9(2)15/h5-7,9H,3-4,15H2,1-2H3. The quantitative estimate of drug-likeness (QED) is 0.796. The molecule has 2 nitrogen and oxygen atoms in total. The Morgan fingerprint density at radius 3 is 2.56 bits per heavy atom. The maximum Gasteiger partial charge on any atom is 0.150 e. The largest absolute Gasteiger partial charge is 0.327 e. The molecule has 86 valence electrons. The normalized spacial score (nSPS) is 19.2. The predicted octanol–water partition coefficient (Wildman–Crippen LogP) is 2.33. The summed E-state index contributed by atoms with van der Waals surface area (Å²) in [4.78, 5) is 11.0. The highest BCUT2D eigenvalue weighted by molar-refractivity contribution is 5.79. The van der Waals surface area contributed by atoms with Crippen LogP contribution in [0.5, 0.6) is 0 Å². The molecule has 0 saturated heterocycles. The number of halogens is 1. The van der Waals surface area contributed by atoms with E-state index in [1.807, 2.05) is 6.92 Å². The second kappa shape index (κ2) is 3.67. The number of carbonyl (C=O) groups excluding carboxylic acids is 1. The average molecular weight is 221 g/mol. The zero-order valence-corrected chi connectivity index (χ0v) is 9.59. The first-order valence-corrected chi connectivity index (χ1v) is 5.52. The first-order chi connectivity index (χ1) is 7.51. The minimum Gasteiger partial charge on any atom is -0.327 e. The van der Waals surface area contributed by atoms with Crippen LogP contribution in [0.15, 0.2) is 12.1 Å². The van der Waals surface area contributed by atoms with Gasteiger partial charge in [-0.15, -0.1) is 0 Å². The van der Waals surface area contributed by atoms with Crippen molar-refractivity contribution in [2.24, 2.45) is 5.73 Å². The van der Waals surface area contributed by atoms with Crippen molar-refractivity contribution < 1.29 is 9.18 Å². The fraction of sp³-hybridized carbons (Fsp3) is 0.462. The van der Waals surface area contributed by atoms with E-state index in [1.54, 1.807) is 13.0 Å². The molecule has 16 heavy (non-hydrogen) atoms. The van der Waals surface area contributed by atoms with Gasteiger partial charge in [0.25, 0.3) is 0 Å². The highest BCUT2D eigenvalue weighted by atomic mass is 19.1. The molecule has 0 radical (unpaired) electrons. The van der Waals surface area contributed by atoms with Gasteiger partial charge in [0, 0.05) is 17.0 Å². The molecule has 1 unspecified atom stereocenters. The van der Waals surface area contributed by atoms with Crippen LogP contribution in [0.1, 0.15) is 41.3 Å². The topological polar surface area (TPSA) is 43.1 Å². The molecule has 1 saturated carbocycles. The molecule has 1 fully saturated rings. The summed E-state index contributed by atoms with van der Waals surface area (Å²) in [5, 5.41) is 0. The SMILES string of the molecule is Cc1cc(C2(C(C)N)CC2)c(C=O)cc1F. The van der Waals surface area contributed by atoms with Crippen LogP contribution in [0.3, 0.4) is 0 Å². The van der Waals surface area contributed by atoms with E-state index in [0.29, 0.717) is 11.1 Å². The van der Waals surface area contributed by atoms with E-state index >= 15 is 0 Å². The average Bonchev–Trinajstić information content (AvgIpc) is 3.02. The van der Waals surface area contributed by atoms with Crippen LogP contribution < -0.4 is 5.73 Å². The van der Waals surface area contributed by atoms with Gasteiger partial charge in [-0.05, 0) is 43.9 Å². The molecule has 0 amide bonds. The zero-order valence-electron chi connectivity index (χ0n) is 9.59. The highest BCUT2D eigenvalue weighted by Crippen LogP contribution is 2.51. The van der Waals surface area contributed by atoms with Crippen LogP contribution in [0.4, 0.5) is 4.39 Å². The Labute approximate surface area is 94.6 Å². The lowest BCUT2D eigenvalue weighted by Gasteiger charge is -2.22. The molecule has 3 heteroatoms. The van der Waals surface area contributed by atoms with Crippen molar-refractivity contribution in [2.75, 3.05) is 0 Å². The van der Waals surface area contributed by atoms with Crippen molar-refractivity contribution >= 4 is 6.29 Å². The van der Waals surface area contributed by atoms with E-state index < -0.39 is 0 Å². The fourth-order valence-corrected chi connectivity index (χ4v) is 2.33. The molecule has 1 aromatic carbocycles. The number of carbonyl (C=O) groups is 1. The summed E-state index contributed by atoms with van der Waals surface area (Å²) < 4.78 is 13.4. The number of rotatable bonds is 3. The van der Waals surface area contributed by atoms with Crippen LogP contribution in [0, 0.1) is 12.7 Å². The van der Waals surface area contributed by atoms with Gasteiger partial charge in [-0.25, -0.2) is 4.39 Å². The molecule has 0 spiro atoms. The van der Waals surface area contributed by atoms with Gasteiger partial charge in [0.05, 0.1) is 0 Å². The van der Waals surface area contributed by atoms with Gasteiger partial charge < -0.3 is 5.73 Å².